The van der Waals surface area contributed by atoms with Crippen molar-refractivity contribution >= 4 is 10.9 Å². The fraction of sp³-hybridized carbons (Fsp3) is 0.632. The number of rotatable bonds is 1. The molecule has 0 saturated heterocycles. The van der Waals surface area contributed by atoms with E-state index in [1.165, 1.54) is 81.7 Å². The molecule has 1 N–H and O–H groups in total. The van der Waals surface area contributed by atoms with E-state index < -0.39 is 0 Å². The number of fused-ring (bicyclic) bond motifs is 1. The van der Waals surface area contributed by atoms with Crippen LogP contribution in [0.3, 0.4) is 0 Å². The van der Waals surface area contributed by atoms with Crippen LogP contribution in [0.25, 0.3) is 10.9 Å². The van der Waals surface area contributed by atoms with Gasteiger partial charge in [0.05, 0.1) is 5.52 Å². The van der Waals surface area contributed by atoms with E-state index in [9.17, 15) is 0 Å². The Balaban J connectivity index is 1.73. The molecule has 2 aromatic rings. The molecule has 3 rings (SSSR count). The van der Waals surface area contributed by atoms with Gasteiger partial charge in [0, 0.05) is 17.0 Å². The molecule has 0 spiro atoms. The highest BCUT2D eigenvalue weighted by Crippen LogP contribution is 2.32. The Morgan fingerprint density at radius 2 is 1.33 bits per heavy atom. The molecule has 114 valence electrons. The van der Waals surface area contributed by atoms with Gasteiger partial charge in [0.15, 0.2) is 0 Å². The normalized spacial score (nSPS) is 20.0. The molecule has 1 fully saturated rings. The van der Waals surface area contributed by atoms with Crippen LogP contribution in [0.5, 0.6) is 0 Å². The minimum atomic E-state index is 0.678. The first-order chi connectivity index (χ1) is 10.4. The highest BCUT2D eigenvalue weighted by Gasteiger charge is 2.16. The van der Waals surface area contributed by atoms with Crippen LogP contribution in [-0.4, -0.2) is 10.2 Å². The van der Waals surface area contributed by atoms with Gasteiger partial charge in [-0.25, -0.2) is 0 Å². The number of benzene rings is 1. The van der Waals surface area contributed by atoms with Gasteiger partial charge in [0.2, 0.25) is 0 Å². The second kappa shape index (κ2) is 7.63. The molecular formula is C19H28N2. The summed E-state index contributed by atoms with van der Waals surface area (Å²) in [6.45, 7) is 0. The summed E-state index contributed by atoms with van der Waals surface area (Å²) in [6.07, 6.45) is 15.4. The quantitative estimate of drug-likeness (QED) is 0.688. The zero-order chi connectivity index (χ0) is 14.3. The minimum absolute atomic E-state index is 0.678. The number of nitrogens with zero attached hydrogens (tertiary/aromatic N) is 1. The summed E-state index contributed by atoms with van der Waals surface area (Å²) in [7, 11) is 0. The van der Waals surface area contributed by atoms with Crippen molar-refractivity contribution in [2.24, 2.45) is 0 Å². The molecule has 21 heavy (non-hydrogen) atoms. The highest BCUT2D eigenvalue weighted by molar-refractivity contribution is 5.81. The van der Waals surface area contributed by atoms with Crippen LogP contribution in [0, 0.1) is 0 Å². The lowest BCUT2D eigenvalue weighted by Crippen LogP contribution is -2.02. The van der Waals surface area contributed by atoms with Gasteiger partial charge in [-0.05, 0) is 18.9 Å². The Labute approximate surface area is 128 Å². The van der Waals surface area contributed by atoms with E-state index in [0.717, 1.165) is 5.52 Å². The SMILES string of the molecule is c1ccc2c(C3CCCCCCCCCCC3)[nH]nc2c1. The average Bonchev–Trinajstić information content (AvgIpc) is 2.92. The first-order valence-electron chi connectivity index (χ1n) is 8.88. The molecule has 0 unspecified atom stereocenters. The Morgan fingerprint density at radius 3 is 2.00 bits per heavy atom. The summed E-state index contributed by atoms with van der Waals surface area (Å²) in [4.78, 5) is 0. The number of nitrogens with one attached hydrogen (secondary N) is 1. The van der Waals surface area contributed by atoms with E-state index >= 15 is 0 Å². The summed E-state index contributed by atoms with van der Waals surface area (Å²) < 4.78 is 0. The fourth-order valence-corrected chi connectivity index (χ4v) is 3.74. The van der Waals surface area contributed by atoms with E-state index in [1.807, 2.05) is 0 Å². The van der Waals surface area contributed by atoms with Crippen LogP contribution in [-0.2, 0) is 0 Å². The Morgan fingerprint density at radius 1 is 0.762 bits per heavy atom. The maximum Gasteiger partial charge on any atom is 0.0923 e. The summed E-state index contributed by atoms with van der Waals surface area (Å²) in [5, 5.41) is 9.19. The summed E-state index contributed by atoms with van der Waals surface area (Å²) in [5.74, 6) is 0.678. The first kappa shape index (κ1) is 14.6. The van der Waals surface area contributed by atoms with Crippen molar-refractivity contribution in [1.29, 1.82) is 0 Å². The molecule has 2 nitrogen and oxygen atoms in total. The molecule has 1 aromatic heterocycles. The van der Waals surface area contributed by atoms with Gasteiger partial charge < -0.3 is 0 Å². The molecule has 0 amide bonds. The van der Waals surface area contributed by atoms with E-state index in [2.05, 4.69) is 34.5 Å². The molecule has 1 aliphatic rings. The van der Waals surface area contributed by atoms with Crippen LogP contribution < -0.4 is 0 Å². The molecule has 1 saturated carbocycles. The summed E-state index contributed by atoms with van der Waals surface area (Å²) in [5.41, 5.74) is 2.52. The lowest BCUT2D eigenvalue weighted by atomic mass is 9.89. The maximum atomic E-state index is 4.50. The third-order valence-electron chi connectivity index (χ3n) is 5.00. The minimum Gasteiger partial charge on any atom is -0.281 e. The van der Waals surface area contributed by atoms with Crippen LogP contribution in [0.1, 0.15) is 82.2 Å². The molecule has 0 atom stereocenters. The monoisotopic (exact) mass is 284 g/mol. The van der Waals surface area contributed by atoms with E-state index in [-0.39, 0.29) is 0 Å². The lowest BCUT2D eigenvalue weighted by Gasteiger charge is -2.17. The van der Waals surface area contributed by atoms with Gasteiger partial charge in [0.1, 0.15) is 0 Å². The maximum absolute atomic E-state index is 4.50. The number of hydrogen-bond donors (Lipinski definition) is 1. The Kier molecular flexibility index (Phi) is 5.31. The van der Waals surface area contributed by atoms with Crippen molar-refractivity contribution in [3.63, 3.8) is 0 Å². The van der Waals surface area contributed by atoms with Gasteiger partial charge in [-0.2, -0.15) is 5.10 Å². The predicted molar refractivity (Wildman–Crippen MR) is 89.6 cm³/mol. The van der Waals surface area contributed by atoms with Gasteiger partial charge in [0.25, 0.3) is 0 Å². The van der Waals surface area contributed by atoms with Crippen LogP contribution in [0.2, 0.25) is 0 Å². The second-order valence-electron chi connectivity index (χ2n) is 6.61. The molecule has 0 aliphatic heterocycles. The number of para-hydroxylation sites is 1. The van der Waals surface area contributed by atoms with Crippen molar-refractivity contribution in [3.8, 4) is 0 Å². The topological polar surface area (TPSA) is 28.7 Å². The standard InChI is InChI=1S/C19H28N2/c1-2-4-6-8-12-16(13-9-7-5-3-1)19-17-14-10-11-15-18(17)20-21-19/h10-11,14-16H,1-9,12-13H2,(H,20,21). The van der Waals surface area contributed by atoms with Gasteiger partial charge in [-0.15, -0.1) is 0 Å². The molecule has 0 bridgehead atoms. The Hall–Kier alpha value is -1.31. The largest absolute Gasteiger partial charge is 0.281 e. The van der Waals surface area contributed by atoms with E-state index in [4.69, 9.17) is 0 Å². The van der Waals surface area contributed by atoms with E-state index in [0.29, 0.717) is 5.92 Å². The first-order valence-corrected chi connectivity index (χ1v) is 8.88. The fourth-order valence-electron chi connectivity index (χ4n) is 3.74. The zero-order valence-corrected chi connectivity index (χ0v) is 13.1. The van der Waals surface area contributed by atoms with Crippen LogP contribution >= 0.6 is 0 Å². The van der Waals surface area contributed by atoms with Crippen molar-refractivity contribution in [3.05, 3.63) is 30.0 Å². The molecular weight excluding hydrogens is 256 g/mol. The predicted octanol–water partition coefficient (Wildman–Crippen LogP) is 5.95. The second-order valence-corrected chi connectivity index (χ2v) is 6.61. The zero-order valence-electron chi connectivity index (χ0n) is 13.1. The van der Waals surface area contributed by atoms with Gasteiger partial charge in [-0.3, -0.25) is 5.10 Å². The number of aromatic nitrogens is 2. The molecule has 2 heteroatoms. The Bertz CT molecular complexity index is 531. The van der Waals surface area contributed by atoms with E-state index in [1.54, 1.807) is 0 Å². The van der Waals surface area contributed by atoms with Gasteiger partial charge >= 0.3 is 0 Å². The lowest BCUT2D eigenvalue weighted by molar-refractivity contribution is 0.463. The summed E-state index contributed by atoms with van der Waals surface area (Å²) >= 11 is 0. The number of hydrogen-bond acceptors (Lipinski definition) is 1. The van der Waals surface area contributed by atoms with Crippen molar-refractivity contribution in [2.75, 3.05) is 0 Å². The average molecular weight is 284 g/mol. The third kappa shape index (κ3) is 3.87. The molecule has 0 radical (unpaired) electrons. The van der Waals surface area contributed by atoms with Crippen LogP contribution in [0.4, 0.5) is 0 Å². The number of aromatic amines is 1. The molecule has 1 aromatic carbocycles. The molecule has 1 heterocycles. The van der Waals surface area contributed by atoms with Crippen molar-refractivity contribution in [2.45, 2.75) is 76.5 Å². The van der Waals surface area contributed by atoms with Crippen molar-refractivity contribution in [1.82, 2.24) is 10.2 Å². The third-order valence-corrected chi connectivity index (χ3v) is 5.00. The van der Waals surface area contributed by atoms with Crippen LogP contribution in [0.15, 0.2) is 24.3 Å². The molecule has 1 aliphatic carbocycles. The highest BCUT2D eigenvalue weighted by atomic mass is 15.1. The smallest absolute Gasteiger partial charge is 0.0923 e. The number of H-pyrrole nitrogens is 1. The summed E-state index contributed by atoms with van der Waals surface area (Å²) in [6, 6.07) is 8.56. The van der Waals surface area contributed by atoms with Crippen molar-refractivity contribution < 1.29 is 0 Å². The van der Waals surface area contributed by atoms with Gasteiger partial charge in [-0.1, -0.05) is 76.0 Å².